The quantitative estimate of drug-likeness (QED) is 0.778. The fourth-order valence-corrected chi connectivity index (χ4v) is 1.88. The number of fused-ring (bicyclic) bond motifs is 1. The number of anilines is 1. The van der Waals surface area contributed by atoms with Gasteiger partial charge >= 0.3 is 5.97 Å². The molecule has 0 amide bonds. The second-order valence-electron chi connectivity index (χ2n) is 4.09. The lowest BCUT2D eigenvalue weighted by molar-refractivity contribution is 0.0596. The summed E-state index contributed by atoms with van der Waals surface area (Å²) >= 11 is 0. The van der Waals surface area contributed by atoms with Crippen LogP contribution in [0.1, 0.15) is 23.2 Å². The number of imidazole rings is 1. The number of esters is 1. The SMILES string of the molecule is COC(=O)c1nc(CC(C)O)n2c(N)cccc12. The van der Waals surface area contributed by atoms with Gasteiger partial charge in [-0.15, -0.1) is 0 Å². The van der Waals surface area contributed by atoms with E-state index in [0.717, 1.165) is 0 Å². The highest BCUT2D eigenvalue weighted by atomic mass is 16.5. The van der Waals surface area contributed by atoms with Crippen LogP contribution in [0.3, 0.4) is 0 Å². The number of pyridine rings is 1. The van der Waals surface area contributed by atoms with Gasteiger partial charge in [-0.3, -0.25) is 4.40 Å². The van der Waals surface area contributed by atoms with E-state index in [1.807, 2.05) is 0 Å². The largest absolute Gasteiger partial charge is 0.464 e. The molecule has 0 aliphatic rings. The first kappa shape index (κ1) is 12.4. The highest BCUT2D eigenvalue weighted by molar-refractivity contribution is 5.95. The van der Waals surface area contributed by atoms with Crippen molar-refractivity contribution in [1.82, 2.24) is 9.38 Å². The first-order valence-corrected chi connectivity index (χ1v) is 5.56. The van der Waals surface area contributed by atoms with E-state index in [4.69, 9.17) is 5.73 Å². The van der Waals surface area contributed by atoms with E-state index < -0.39 is 12.1 Å². The van der Waals surface area contributed by atoms with Crippen LogP contribution in [0.15, 0.2) is 18.2 Å². The summed E-state index contributed by atoms with van der Waals surface area (Å²) in [6.07, 6.45) is -0.257. The molecule has 0 aliphatic heterocycles. The Bertz CT molecular complexity index is 590. The Balaban J connectivity index is 2.67. The van der Waals surface area contributed by atoms with Crippen molar-refractivity contribution in [1.29, 1.82) is 0 Å². The van der Waals surface area contributed by atoms with Crippen molar-refractivity contribution in [2.75, 3.05) is 12.8 Å². The molecule has 1 atom stereocenters. The lowest BCUT2D eigenvalue weighted by Gasteiger charge is -2.05. The molecule has 2 rings (SSSR count). The van der Waals surface area contributed by atoms with Crippen LogP contribution in [0.4, 0.5) is 5.82 Å². The number of hydrogen-bond acceptors (Lipinski definition) is 5. The van der Waals surface area contributed by atoms with E-state index in [1.165, 1.54) is 7.11 Å². The van der Waals surface area contributed by atoms with Crippen LogP contribution in [0.5, 0.6) is 0 Å². The fraction of sp³-hybridized carbons (Fsp3) is 0.333. The number of nitrogen functional groups attached to an aromatic ring is 1. The zero-order valence-corrected chi connectivity index (χ0v) is 10.3. The highest BCUT2D eigenvalue weighted by Gasteiger charge is 2.19. The van der Waals surface area contributed by atoms with E-state index in [2.05, 4.69) is 9.72 Å². The third-order valence-corrected chi connectivity index (χ3v) is 2.62. The minimum Gasteiger partial charge on any atom is -0.464 e. The van der Waals surface area contributed by atoms with Gasteiger partial charge in [-0.2, -0.15) is 0 Å². The molecule has 96 valence electrons. The molecule has 0 bridgehead atoms. The number of aromatic nitrogens is 2. The van der Waals surface area contributed by atoms with E-state index in [1.54, 1.807) is 29.5 Å². The van der Waals surface area contributed by atoms with Crippen molar-refractivity contribution >= 4 is 17.3 Å². The summed E-state index contributed by atoms with van der Waals surface area (Å²) in [5.74, 6) is 0.485. The molecular formula is C12H15N3O3. The van der Waals surface area contributed by atoms with Crippen LogP contribution in [-0.2, 0) is 11.2 Å². The molecule has 1 unspecified atom stereocenters. The number of aliphatic hydroxyl groups is 1. The Kier molecular flexibility index (Phi) is 3.20. The number of nitrogens with two attached hydrogens (primary N) is 1. The van der Waals surface area contributed by atoms with Crippen molar-refractivity contribution in [2.24, 2.45) is 0 Å². The van der Waals surface area contributed by atoms with Crippen molar-refractivity contribution < 1.29 is 14.6 Å². The van der Waals surface area contributed by atoms with Gasteiger partial charge in [0.15, 0.2) is 5.69 Å². The van der Waals surface area contributed by atoms with E-state index in [0.29, 0.717) is 23.6 Å². The van der Waals surface area contributed by atoms with Crippen LogP contribution in [0.2, 0.25) is 0 Å². The van der Waals surface area contributed by atoms with Crippen LogP contribution in [0.25, 0.3) is 5.52 Å². The Morgan fingerprint density at radius 1 is 1.61 bits per heavy atom. The number of nitrogens with zero attached hydrogens (tertiary/aromatic N) is 2. The Morgan fingerprint density at radius 2 is 2.33 bits per heavy atom. The average Bonchev–Trinajstić information content (AvgIpc) is 2.68. The Hall–Kier alpha value is -2.08. The third-order valence-electron chi connectivity index (χ3n) is 2.62. The van der Waals surface area contributed by atoms with Crippen LogP contribution < -0.4 is 5.73 Å². The molecule has 3 N–H and O–H groups in total. The van der Waals surface area contributed by atoms with Gasteiger partial charge in [0.2, 0.25) is 0 Å². The molecule has 0 aromatic carbocycles. The van der Waals surface area contributed by atoms with Crippen molar-refractivity contribution in [2.45, 2.75) is 19.4 Å². The lowest BCUT2D eigenvalue weighted by Crippen LogP contribution is -2.09. The lowest BCUT2D eigenvalue weighted by atomic mass is 10.3. The van der Waals surface area contributed by atoms with Gasteiger partial charge in [0.25, 0.3) is 0 Å². The van der Waals surface area contributed by atoms with Gasteiger partial charge in [0.1, 0.15) is 11.6 Å². The van der Waals surface area contributed by atoms with Gasteiger partial charge in [0, 0.05) is 6.42 Å². The molecule has 0 radical (unpaired) electrons. The monoisotopic (exact) mass is 249 g/mol. The van der Waals surface area contributed by atoms with Gasteiger partial charge in [-0.1, -0.05) is 6.07 Å². The third kappa shape index (κ3) is 2.02. The van der Waals surface area contributed by atoms with E-state index >= 15 is 0 Å². The van der Waals surface area contributed by atoms with Crippen LogP contribution >= 0.6 is 0 Å². The standard InChI is InChI=1S/C12H15N3O3/c1-7(16)6-10-14-11(12(17)18-2)8-4-3-5-9(13)15(8)10/h3-5,7,16H,6,13H2,1-2H3. The second-order valence-corrected chi connectivity index (χ2v) is 4.09. The molecule has 0 aliphatic carbocycles. The second kappa shape index (κ2) is 4.66. The molecule has 0 saturated heterocycles. The van der Waals surface area contributed by atoms with Gasteiger partial charge < -0.3 is 15.6 Å². The molecular weight excluding hydrogens is 234 g/mol. The molecule has 2 aromatic heterocycles. The summed E-state index contributed by atoms with van der Waals surface area (Å²) in [4.78, 5) is 15.8. The minimum atomic E-state index is -0.569. The maximum atomic E-state index is 11.6. The summed E-state index contributed by atoms with van der Waals surface area (Å²) < 4.78 is 6.34. The minimum absolute atomic E-state index is 0.209. The first-order chi connectivity index (χ1) is 8.54. The molecule has 6 nitrogen and oxygen atoms in total. The van der Waals surface area contributed by atoms with E-state index in [9.17, 15) is 9.90 Å². The summed E-state index contributed by atoms with van der Waals surface area (Å²) in [5.41, 5.74) is 6.67. The highest BCUT2D eigenvalue weighted by Crippen LogP contribution is 2.19. The number of rotatable bonds is 3. The molecule has 0 spiro atoms. The smallest absolute Gasteiger partial charge is 0.358 e. The fourth-order valence-electron chi connectivity index (χ4n) is 1.88. The number of methoxy groups -OCH3 is 1. The van der Waals surface area contributed by atoms with Crippen LogP contribution in [0, 0.1) is 0 Å². The van der Waals surface area contributed by atoms with Crippen molar-refractivity contribution in [3.05, 3.63) is 29.7 Å². The number of aliphatic hydroxyl groups excluding tert-OH is 1. The molecule has 6 heteroatoms. The summed E-state index contributed by atoms with van der Waals surface area (Å²) in [6.45, 7) is 1.65. The molecule has 2 heterocycles. The van der Waals surface area contributed by atoms with E-state index in [-0.39, 0.29) is 5.69 Å². The normalized spacial score (nSPS) is 12.6. The number of ether oxygens (including phenoxy) is 1. The van der Waals surface area contributed by atoms with Crippen LogP contribution in [-0.4, -0.2) is 33.7 Å². The maximum absolute atomic E-state index is 11.6. The number of carbonyl (C=O) groups is 1. The zero-order valence-electron chi connectivity index (χ0n) is 10.3. The summed E-state index contributed by atoms with van der Waals surface area (Å²) in [6, 6.07) is 5.19. The summed E-state index contributed by atoms with van der Waals surface area (Å²) in [5, 5.41) is 9.45. The maximum Gasteiger partial charge on any atom is 0.358 e. The number of carbonyl (C=O) groups excluding carboxylic acids is 1. The zero-order chi connectivity index (χ0) is 13.3. The number of hydrogen-bond donors (Lipinski definition) is 2. The predicted octanol–water partition coefficient (Wildman–Crippen LogP) is 0.626. The average molecular weight is 249 g/mol. The molecule has 18 heavy (non-hydrogen) atoms. The topological polar surface area (TPSA) is 89.8 Å². The Morgan fingerprint density at radius 3 is 2.94 bits per heavy atom. The molecule has 2 aromatic rings. The molecule has 0 saturated carbocycles. The summed E-state index contributed by atoms with van der Waals surface area (Å²) in [7, 11) is 1.30. The van der Waals surface area contributed by atoms with Gasteiger partial charge in [-0.25, -0.2) is 9.78 Å². The van der Waals surface area contributed by atoms with Gasteiger partial charge in [-0.05, 0) is 19.1 Å². The van der Waals surface area contributed by atoms with Gasteiger partial charge in [0.05, 0.1) is 18.7 Å². The van der Waals surface area contributed by atoms with Crippen molar-refractivity contribution in [3.63, 3.8) is 0 Å². The predicted molar refractivity (Wildman–Crippen MR) is 66.3 cm³/mol. The first-order valence-electron chi connectivity index (χ1n) is 5.56. The van der Waals surface area contributed by atoms with Crippen molar-refractivity contribution in [3.8, 4) is 0 Å². The Labute approximate surface area is 104 Å². The molecule has 0 fully saturated rings.